The van der Waals surface area contributed by atoms with Crippen molar-refractivity contribution in [1.29, 1.82) is 5.26 Å². The van der Waals surface area contributed by atoms with Gasteiger partial charge in [-0.25, -0.2) is 0 Å². The van der Waals surface area contributed by atoms with E-state index in [1.54, 1.807) is 0 Å². The van der Waals surface area contributed by atoms with Crippen molar-refractivity contribution in [2.24, 2.45) is 11.8 Å². The molecule has 1 aliphatic rings. The Hall–Kier alpha value is -0.770. The highest BCUT2D eigenvalue weighted by Crippen LogP contribution is 2.41. The van der Waals surface area contributed by atoms with Gasteiger partial charge in [0.25, 0.3) is 0 Å². The first-order chi connectivity index (χ1) is 5.38. The van der Waals surface area contributed by atoms with Crippen molar-refractivity contribution in [1.82, 2.24) is 0 Å². The number of hydrogen-bond acceptors (Lipinski definition) is 1. The van der Waals surface area contributed by atoms with E-state index < -0.39 is 0 Å². The van der Waals surface area contributed by atoms with Crippen LogP contribution in [0.4, 0.5) is 0 Å². The minimum Gasteiger partial charge on any atom is -0.198 e. The van der Waals surface area contributed by atoms with Gasteiger partial charge in [0, 0.05) is 5.92 Å². The third-order valence-corrected chi connectivity index (χ3v) is 2.19. The average molecular weight is 149 g/mol. The second-order valence-electron chi connectivity index (χ2n) is 3.19. The van der Waals surface area contributed by atoms with E-state index in [1.807, 2.05) is 0 Å². The Labute approximate surface area is 68.7 Å². The molecule has 0 N–H and O–H groups in total. The zero-order valence-electron chi connectivity index (χ0n) is 7.09. The molecule has 0 heterocycles. The van der Waals surface area contributed by atoms with Crippen molar-refractivity contribution in [2.75, 3.05) is 0 Å². The fourth-order valence-corrected chi connectivity index (χ4v) is 1.32. The van der Waals surface area contributed by atoms with Gasteiger partial charge in [0.2, 0.25) is 0 Å². The van der Waals surface area contributed by atoms with E-state index in [0.717, 1.165) is 25.2 Å². The molecule has 0 amide bonds. The van der Waals surface area contributed by atoms with Crippen molar-refractivity contribution < 1.29 is 0 Å². The van der Waals surface area contributed by atoms with E-state index in [4.69, 9.17) is 5.26 Å². The molecule has 11 heavy (non-hydrogen) atoms. The molecule has 60 valence electrons. The van der Waals surface area contributed by atoms with Crippen molar-refractivity contribution in [3.05, 3.63) is 12.2 Å². The van der Waals surface area contributed by atoms with Gasteiger partial charge in [0.1, 0.15) is 0 Å². The molecule has 0 saturated heterocycles. The first kappa shape index (κ1) is 8.33. The highest BCUT2D eigenvalue weighted by atomic mass is 14.4. The van der Waals surface area contributed by atoms with Crippen LogP contribution in [0.5, 0.6) is 0 Å². The largest absolute Gasteiger partial charge is 0.198 e. The van der Waals surface area contributed by atoms with E-state index >= 15 is 0 Å². The van der Waals surface area contributed by atoms with Gasteiger partial charge in [-0.3, -0.25) is 0 Å². The summed E-state index contributed by atoms with van der Waals surface area (Å²) in [6.45, 7) is 2.14. The Bertz CT molecular complexity index is 176. The summed E-state index contributed by atoms with van der Waals surface area (Å²) >= 11 is 0. The third kappa shape index (κ3) is 2.76. The van der Waals surface area contributed by atoms with Crippen molar-refractivity contribution >= 4 is 0 Å². The molecule has 0 bridgehead atoms. The Morgan fingerprint density at radius 3 is 2.91 bits per heavy atom. The van der Waals surface area contributed by atoms with E-state index in [0.29, 0.717) is 5.92 Å². The summed E-state index contributed by atoms with van der Waals surface area (Å²) in [5.74, 6) is 1.12. The van der Waals surface area contributed by atoms with Gasteiger partial charge in [-0.1, -0.05) is 19.1 Å². The molecule has 0 aromatic carbocycles. The van der Waals surface area contributed by atoms with Crippen LogP contribution in [0, 0.1) is 23.2 Å². The molecule has 1 heteroatoms. The molecule has 1 aliphatic carbocycles. The summed E-state index contributed by atoms with van der Waals surface area (Å²) in [6.07, 6.45) is 9.09. The van der Waals surface area contributed by atoms with Crippen LogP contribution in [-0.4, -0.2) is 0 Å². The van der Waals surface area contributed by atoms with Crippen LogP contribution in [0.15, 0.2) is 12.2 Å². The number of nitriles is 1. The summed E-state index contributed by atoms with van der Waals surface area (Å²) in [5.41, 5.74) is 0. The molecule has 1 nitrogen and oxygen atoms in total. The lowest BCUT2D eigenvalue weighted by molar-refractivity contribution is 0.710. The Morgan fingerprint density at radius 2 is 2.36 bits per heavy atom. The van der Waals surface area contributed by atoms with Crippen molar-refractivity contribution in [3.63, 3.8) is 0 Å². The Morgan fingerprint density at radius 1 is 1.55 bits per heavy atom. The van der Waals surface area contributed by atoms with Gasteiger partial charge in [-0.05, 0) is 31.6 Å². The predicted molar refractivity (Wildman–Crippen MR) is 45.9 cm³/mol. The standard InChI is InChI=1S/C10H15N/c1-2-3-4-5-6-9-7-10(9)8-11/h3-4,9-10H,2,5-7H2,1H3/b4-3-. The average Bonchev–Trinajstić information content (AvgIpc) is 2.77. The Balaban J connectivity index is 1.98. The zero-order valence-corrected chi connectivity index (χ0v) is 7.09. The van der Waals surface area contributed by atoms with Gasteiger partial charge in [0.05, 0.1) is 6.07 Å². The van der Waals surface area contributed by atoms with E-state index in [-0.39, 0.29) is 0 Å². The predicted octanol–water partition coefficient (Wildman–Crippen LogP) is 2.89. The summed E-state index contributed by atoms with van der Waals surface area (Å²) in [7, 11) is 0. The van der Waals surface area contributed by atoms with Gasteiger partial charge >= 0.3 is 0 Å². The Kier molecular flexibility index (Phi) is 3.16. The van der Waals surface area contributed by atoms with Crippen LogP contribution in [0.25, 0.3) is 0 Å². The summed E-state index contributed by atoms with van der Waals surface area (Å²) in [4.78, 5) is 0. The molecular formula is C10H15N. The second kappa shape index (κ2) is 4.18. The van der Waals surface area contributed by atoms with Gasteiger partial charge in [0.15, 0.2) is 0 Å². The molecule has 0 aliphatic heterocycles. The van der Waals surface area contributed by atoms with Gasteiger partial charge in [-0.2, -0.15) is 5.26 Å². The zero-order chi connectivity index (χ0) is 8.10. The number of rotatable bonds is 4. The van der Waals surface area contributed by atoms with Crippen molar-refractivity contribution in [3.8, 4) is 6.07 Å². The number of hydrogen-bond donors (Lipinski definition) is 0. The highest BCUT2D eigenvalue weighted by molar-refractivity contribution is 5.01. The van der Waals surface area contributed by atoms with Crippen LogP contribution >= 0.6 is 0 Å². The summed E-state index contributed by atoms with van der Waals surface area (Å²) < 4.78 is 0. The smallest absolute Gasteiger partial charge is 0.0658 e. The van der Waals surface area contributed by atoms with Crippen LogP contribution in [0.3, 0.4) is 0 Å². The summed E-state index contributed by atoms with van der Waals surface area (Å²) in [6, 6.07) is 2.31. The quantitative estimate of drug-likeness (QED) is 0.564. The molecular weight excluding hydrogens is 134 g/mol. The SMILES string of the molecule is CC/C=C\CCC1CC1C#N. The number of nitrogens with zero attached hydrogens (tertiary/aromatic N) is 1. The molecule has 0 aromatic rings. The molecule has 0 aromatic heterocycles. The van der Waals surface area contributed by atoms with Crippen LogP contribution in [-0.2, 0) is 0 Å². The molecule has 2 unspecified atom stereocenters. The monoisotopic (exact) mass is 149 g/mol. The van der Waals surface area contributed by atoms with E-state index in [9.17, 15) is 0 Å². The lowest BCUT2D eigenvalue weighted by atomic mass is 10.2. The van der Waals surface area contributed by atoms with Crippen LogP contribution < -0.4 is 0 Å². The maximum absolute atomic E-state index is 8.51. The maximum Gasteiger partial charge on any atom is 0.0658 e. The lowest BCUT2D eigenvalue weighted by Gasteiger charge is -1.89. The highest BCUT2D eigenvalue weighted by Gasteiger charge is 2.35. The first-order valence-corrected chi connectivity index (χ1v) is 4.43. The molecule has 0 radical (unpaired) electrons. The van der Waals surface area contributed by atoms with Crippen LogP contribution in [0.2, 0.25) is 0 Å². The minimum absolute atomic E-state index is 0.394. The van der Waals surface area contributed by atoms with Gasteiger partial charge < -0.3 is 0 Å². The van der Waals surface area contributed by atoms with E-state index in [2.05, 4.69) is 25.1 Å². The topological polar surface area (TPSA) is 23.8 Å². The lowest BCUT2D eigenvalue weighted by Crippen LogP contribution is -1.77. The maximum atomic E-state index is 8.51. The van der Waals surface area contributed by atoms with Gasteiger partial charge in [-0.15, -0.1) is 0 Å². The normalized spacial score (nSPS) is 28.7. The second-order valence-corrected chi connectivity index (χ2v) is 3.19. The molecule has 0 spiro atoms. The number of allylic oxidation sites excluding steroid dienone is 2. The summed E-state index contributed by atoms with van der Waals surface area (Å²) in [5, 5.41) is 8.51. The van der Waals surface area contributed by atoms with E-state index in [1.165, 1.54) is 6.42 Å². The fourth-order valence-electron chi connectivity index (χ4n) is 1.32. The fraction of sp³-hybridized carbons (Fsp3) is 0.700. The molecule has 1 fully saturated rings. The molecule has 2 atom stereocenters. The third-order valence-electron chi connectivity index (χ3n) is 2.19. The molecule has 1 rings (SSSR count). The molecule has 1 saturated carbocycles. The minimum atomic E-state index is 0.394. The first-order valence-electron chi connectivity index (χ1n) is 4.43. The van der Waals surface area contributed by atoms with Crippen molar-refractivity contribution in [2.45, 2.75) is 32.6 Å². The van der Waals surface area contributed by atoms with Crippen LogP contribution in [0.1, 0.15) is 32.6 Å².